The summed E-state index contributed by atoms with van der Waals surface area (Å²) in [4.78, 5) is 4.38. The fourth-order valence-electron chi connectivity index (χ4n) is 2.77. The Morgan fingerprint density at radius 2 is 2.04 bits per heavy atom. The Balaban J connectivity index is 1.93. The quantitative estimate of drug-likeness (QED) is 0.915. The molecule has 6 nitrogen and oxygen atoms in total. The Hall–Kier alpha value is -2.12. The lowest BCUT2D eigenvalue weighted by atomic mass is 10.0. The van der Waals surface area contributed by atoms with Gasteiger partial charge in [0.2, 0.25) is 5.88 Å². The third-order valence-corrected chi connectivity index (χ3v) is 6.03. The Labute approximate surface area is 142 Å². The Bertz CT molecular complexity index is 819. The highest BCUT2D eigenvalue weighted by molar-refractivity contribution is 7.92. The number of hydrogen-bond donors (Lipinski definition) is 1. The van der Waals surface area contributed by atoms with Gasteiger partial charge in [-0.25, -0.2) is 13.4 Å². The molecule has 1 N–H and O–H groups in total. The number of fused-ring (bicyclic) bond motifs is 1. The van der Waals surface area contributed by atoms with E-state index >= 15 is 0 Å². The van der Waals surface area contributed by atoms with Crippen molar-refractivity contribution in [3.63, 3.8) is 0 Å². The Morgan fingerprint density at radius 3 is 2.75 bits per heavy atom. The van der Waals surface area contributed by atoms with Crippen molar-refractivity contribution >= 4 is 15.7 Å². The van der Waals surface area contributed by atoms with E-state index in [0.29, 0.717) is 16.5 Å². The largest absolute Gasteiger partial charge is 0.481 e. The fraction of sp³-hybridized carbons (Fsp3) is 0.353. The van der Waals surface area contributed by atoms with E-state index in [9.17, 15) is 8.42 Å². The molecule has 24 heavy (non-hydrogen) atoms. The smallest absolute Gasteiger partial charge is 0.264 e. The SMILES string of the molecule is COc1ccc(N(C)S(=O)(=O)c2ccc3c(c2)CCCNC3)cn1. The highest BCUT2D eigenvalue weighted by Crippen LogP contribution is 2.25. The first-order valence-electron chi connectivity index (χ1n) is 7.84. The van der Waals surface area contributed by atoms with Crippen LogP contribution in [-0.4, -0.2) is 34.1 Å². The maximum absolute atomic E-state index is 12.9. The molecular formula is C17H21N3O3S. The van der Waals surface area contributed by atoms with Gasteiger partial charge in [0.25, 0.3) is 10.0 Å². The van der Waals surface area contributed by atoms with Gasteiger partial charge in [0.15, 0.2) is 0 Å². The highest BCUT2D eigenvalue weighted by atomic mass is 32.2. The molecule has 0 saturated heterocycles. The summed E-state index contributed by atoms with van der Waals surface area (Å²) < 4.78 is 32.1. The van der Waals surface area contributed by atoms with E-state index in [1.54, 1.807) is 24.3 Å². The molecule has 1 aliphatic heterocycles. The minimum Gasteiger partial charge on any atom is -0.481 e. The van der Waals surface area contributed by atoms with Crippen molar-refractivity contribution in [2.75, 3.05) is 25.0 Å². The minimum atomic E-state index is -3.62. The van der Waals surface area contributed by atoms with Gasteiger partial charge in [-0.3, -0.25) is 4.31 Å². The summed E-state index contributed by atoms with van der Waals surface area (Å²) in [6.07, 6.45) is 3.39. The van der Waals surface area contributed by atoms with E-state index < -0.39 is 10.0 Å². The van der Waals surface area contributed by atoms with Crippen molar-refractivity contribution in [2.45, 2.75) is 24.3 Å². The fourth-order valence-corrected chi connectivity index (χ4v) is 4.00. The Kier molecular flexibility index (Phi) is 4.73. The van der Waals surface area contributed by atoms with E-state index in [4.69, 9.17) is 4.74 Å². The van der Waals surface area contributed by atoms with Crippen LogP contribution in [0.2, 0.25) is 0 Å². The van der Waals surface area contributed by atoms with Crippen molar-refractivity contribution in [1.82, 2.24) is 10.3 Å². The van der Waals surface area contributed by atoms with E-state index in [-0.39, 0.29) is 0 Å². The van der Waals surface area contributed by atoms with Gasteiger partial charge in [-0.2, -0.15) is 0 Å². The molecule has 2 aromatic rings. The molecule has 0 saturated carbocycles. The standard InChI is InChI=1S/C17H21N3O3S/c1-20(15-6-8-17(23-2)19-12-15)24(21,22)16-7-5-14-11-18-9-3-4-13(14)10-16/h5-8,10,12,18H,3-4,9,11H2,1-2H3. The average molecular weight is 347 g/mol. The molecule has 7 heteroatoms. The number of hydrogen-bond acceptors (Lipinski definition) is 5. The van der Waals surface area contributed by atoms with Crippen LogP contribution in [0.3, 0.4) is 0 Å². The molecule has 0 bridgehead atoms. The number of sulfonamides is 1. The van der Waals surface area contributed by atoms with Crippen LogP contribution < -0.4 is 14.4 Å². The van der Waals surface area contributed by atoms with Gasteiger partial charge in [-0.15, -0.1) is 0 Å². The molecule has 0 fully saturated rings. The van der Waals surface area contributed by atoms with E-state index in [0.717, 1.165) is 31.5 Å². The zero-order valence-electron chi connectivity index (χ0n) is 13.8. The van der Waals surface area contributed by atoms with Crippen molar-refractivity contribution in [1.29, 1.82) is 0 Å². The predicted octanol–water partition coefficient (Wildman–Crippen LogP) is 1.95. The maximum Gasteiger partial charge on any atom is 0.264 e. The van der Waals surface area contributed by atoms with Gasteiger partial charge < -0.3 is 10.1 Å². The van der Waals surface area contributed by atoms with Crippen molar-refractivity contribution < 1.29 is 13.2 Å². The summed E-state index contributed by atoms with van der Waals surface area (Å²) in [5.74, 6) is 0.446. The Morgan fingerprint density at radius 1 is 1.21 bits per heavy atom. The predicted molar refractivity (Wildman–Crippen MR) is 92.8 cm³/mol. The first-order chi connectivity index (χ1) is 11.5. The van der Waals surface area contributed by atoms with Gasteiger partial charge in [0.1, 0.15) is 0 Å². The molecule has 0 amide bonds. The van der Waals surface area contributed by atoms with Crippen LogP contribution in [-0.2, 0) is 23.0 Å². The molecule has 2 heterocycles. The molecule has 1 aliphatic rings. The number of aryl methyl sites for hydroxylation is 1. The number of nitrogens with one attached hydrogen (secondary N) is 1. The topological polar surface area (TPSA) is 71.5 Å². The van der Waals surface area contributed by atoms with Crippen LogP contribution in [0.4, 0.5) is 5.69 Å². The summed E-state index contributed by atoms with van der Waals surface area (Å²) in [6, 6.07) is 8.70. The lowest BCUT2D eigenvalue weighted by Crippen LogP contribution is -2.26. The second-order valence-corrected chi connectivity index (χ2v) is 7.71. The van der Waals surface area contributed by atoms with Crippen LogP contribution >= 0.6 is 0 Å². The summed E-state index contributed by atoms with van der Waals surface area (Å²) in [6.45, 7) is 1.74. The molecule has 0 spiro atoms. The zero-order chi connectivity index (χ0) is 17.2. The van der Waals surface area contributed by atoms with Crippen LogP contribution in [0.5, 0.6) is 5.88 Å². The molecule has 0 atom stereocenters. The molecule has 3 rings (SSSR count). The zero-order valence-corrected chi connectivity index (χ0v) is 14.6. The molecule has 0 unspecified atom stereocenters. The van der Waals surface area contributed by atoms with Gasteiger partial charge in [0.05, 0.1) is 23.9 Å². The van der Waals surface area contributed by atoms with Gasteiger partial charge in [-0.1, -0.05) is 6.07 Å². The average Bonchev–Trinajstić information content (AvgIpc) is 2.85. The minimum absolute atomic E-state index is 0.307. The van der Waals surface area contributed by atoms with E-state index in [1.807, 2.05) is 6.07 Å². The third-order valence-electron chi connectivity index (χ3n) is 4.24. The van der Waals surface area contributed by atoms with E-state index in [2.05, 4.69) is 10.3 Å². The van der Waals surface area contributed by atoms with Crippen LogP contribution in [0.25, 0.3) is 0 Å². The summed E-state index contributed by atoms with van der Waals surface area (Å²) in [7, 11) is -0.570. The molecule has 0 radical (unpaired) electrons. The van der Waals surface area contributed by atoms with Crippen molar-refractivity contribution in [2.24, 2.45) is 0 Å². The van der Waals surface area contributed by atoms with Crippen molar-refractivity contribution in [3.05, 3.63) is 47.7 Å². The number of nitrogens with zero attached hydrogens (tertiary/aromatic N) is 2. The molecule has 1 aromatic carbocycles. The molecule has 0 aliphatic carbocycles. The molecule has 128 valence electrons. The summed E-state index contributed by atoms with van der Waals surface area (Å²) in [5, 5.41) is 3.34. The van der Waals surface area contributed by atoms with Gasteiger partial charge >= 0.3 is 0 Å². The first kappa shape index (κ1) is 16.7. The molecular weight excluding hydrogens is 326 g/mol. The second-order valence-electron chi connectivity index (χ2n) is 5.74. The second kappa shape index (κ2) is 6.78. The lowest BCUT2D eigenvalue weighted by Gasteiger charge is -2.20. The van der Waals surface area contributed by atoms with Gasteiger partial charge in [0, 0.05) is 19.7 Å². The van der Waals surface area contributed by atoms with Crippen LogP contribution in [0.15, 0.2) is 41.4 Å². The number of aromatic nitrogens is 1. The third kappa shape index (κ3) is 3.22. The number of pyridine rings is 1. The van der Waals surface area contributed by atoms with E-state index in [1.165, 1.54) is 30.2 Å². The van der Waals surface area contributed by atoms with Gasteiger partial charge in [-0.05, 0) is 48.7 Å². The van der Waals surface area contributed by atoms with Crippen LogP contribution in [0.1, 0.15) is 17.5 Å². The molecule has 1 aromatic heterocycles. The number of ether oxygens (including phenoxy) is 1. The summed E-state index contributed by atoms with van der Waals surface area (Å²) in [5.41, 5.74) is 2.76. The normalized spacial score (nSPS) is 14.6. The van der Waals surface area contributed by atoms with Crippen LogP contribution in [0, 0.1) is 0 Å². The first-order valence-corrected chi connectivity index (χ1v) is 9.28. The lowest BCUT2D eigenvalue weighted by molar-refractivity contribution is 0.398. The van der Waals surface area contributed by atoms with Crippen molar-refractivity contribution in [3.8, 4) is 5.88 Å². The summed E-state index contributed by atoms with van der Waals surface area (Å²) >= 11 is 0. The highest BCUT2D eigenvalue weighted by Gasteiger charge is 2.23. The monoisotopic (exact) mass is 347 g/mol. The number of methoxy groups -OCH3 is 1. The number of benzene rings is 1. The number of rotatable bonds is 4. The maximum atomic E-state index is 12.9. The number of anilines is 1.